The number of amides is 1. The number of halogens is 4. The van der Waals surface area contributed by atoms with E-state index in [0.717, 1.165) is 10.4 Å². The number of anilines is 1. The quantitative estimate of drug-likeness (QED) is 0.561. The van der Waals surface area contributed by atoms with Crippen LogP contribution in [0, 0.1) is 0 Å². The van der Waals surface area contributed by atoms with Gasteiger partial charge in [-0.2, -0.15) is 13.2 Å². The molecule has 0 fully saturated rings. The van der Waals surface area contributed by atoms with Gasteiger partial charge in [0, 0.05) is 5.56 Å². The predicted molar refractivity (Wildman–Crippen MR) is 111 cm³/mol. The number of nitrogens with zero attached hydrogens (tertiary/aromatic N) is 1. The molecule has 2 N–H and O–H groups in total. The highest BCUT2D eigenvalue weighted by Crippen LogP contribution is 2.38. The third kappa shape index (κ3) is 5.00. The Balaban J connectivity index is 2.12. The van der Waals surface area contributed by atoms with Gasteiger partial charge in [-0.3, -0.25) is 9.10 Å². The van der Waals surface area contributed by atoms with Crippen molar-refractivity contribution in [3.05, 3.63) is 94.5 Å². The molecule has 10 heteroatoms. The Morgan fingerprint density at radius 2 is 1.58 bits per heavy atom. The smallest absolute Gasteiger partial charge is 0.366 e. The molecule has 3 aromatic carbocycles. The number of alkyl halides is 3. The Morgan fingerprint density at radius 1 is 0.968 bits per heavy atom. The zero-order chi connectivity index (χ0) is 22.8. The lowest BCUT2D eigenvalue weighted by Gasteiger charge is -2.26. The number of hydrogen-bond acceptors (Lipinski definition) is 3. The first-order valence-corrected chi connectivity index (χ1v) is 10.7. The van der Waals surface area contributed by atoms with Crippen LogP contribution in [-0.4, -0.2) is 14.3 Å². The van der Waals surface area contributed by atoms with Crippen molar-refractivity contribution in [2.45, 2.75) is 17.6 Å². The molecule has 0 radical (unpaired) electrons. The minimum atomic E-state index is -4.77. The van der Waals surface area contributed by atoms with Crippen molar-refractivity contribution in [2.75, 3.05) is 4.31 Å². The molecule has 0 aromatic heterocycles. The number of benzene rings is 3. The van der Waals surface area contributed by atoms with Gasteiger partial charge in [0.25, 0.3) is 10.0 Å². The lowest BCUT2D eigenvalue weighted by Crippen LogP contribution is -2.31. The van der Waals surface area contributed by atoms with Crippen LogP contribution < -0.4 is 10.0 Å². The van der Waals surface area contributed by atoms with Crippen molar-refractivity contribution >= 4 is 33.2 Å². The fraction of sp³-hybridized carbons (Fsp3) is 0.0952. The number of carbonyl (C=O) groups is 1. The lowest BCUT2D eigenvalue weighted by atomic mass is 10.1. The molecule has 1 amide bonds. The molecule has 0 unspecified atom stereocenters. The summed E-state index contributed by atoms with van der Waals surface area (Å²) in [6.45, 7) is -0.283. The Hall–Kier alpha value is -3.04. The van der Waals surface area contributed by atoms with E-state index in [4.69, 9.17) is 17.3 Å². The summed E-state index contributed by atoms with van der Waals surface area (Å²) >= 11 is 5.69. The molecule has 0 spiro atoms. The number of sulfonamides is 1. The third-order valence-corrected chi connectivity index (χ3v) is 6.56. The van der Waals surface area contributed by atoms with E-state index < -0.39 is 32.7 Å². The van der Waals surface area contributed by atoms with E-state index in [9.17, 15) is 26.4 Å². The molecular formula is C21H16ClF3N2O3S. The van der Waals surface area contributed by atoms with Gasteiger partial charge in [-0.25, -0.2) is 8.42 Å². The highest BCUT2D eigenvalue weighted by molar-refractivity contribution is 7.92. The molecule has 0 aliphatic carbocycles. The van der Waals surface area contributed by atoms with Crippen molar-refractivity contribution in [1.82, 2.24) is 0 Å². The second kappa shape index (κ2) is 8.60. The average molecular weight is 469 g/mol. The topological polar surface area (TPSA) is 80.5 Å². The van der Waals surface area contributed by atoms with Gasteiger partial charge in [0.05, 0.1) is 27.7 Å². The first kappa shape index (κ1) is 22.6. The van der Waals surface area contributed by atoms with Gasteiger partial charge in [-0.05, 0) is 48.0 Å². The fourth-order valence-corrected chi connectivity index (χ4v) is 4.55. The molecule has 5 nitrogen and oxygen atoms in total. The summed E-state index contributed by atoms with van der Waals surface area (Å²) < 4.78 is 67.5. The Bertz CT molecular complexity index is 1200. The molecule has 31 heavy (non-hydrogen) atoms. The molecule has 0 saturated carbocycles. The van der Waals surface area contributed by atoms with Crippen LogP contribution in [0.2, 0.25) is 5.02 Å². The van der Waals surface area contributed by atoms with Crippen LogP contribution in [0.5, 0.6) is 0 Å². The van der Waals surface area contributed by atoms with Crippen molar-refractivity contribution < 1.29 is 26.4 Å². The summed E-state index contributed by atoms with van der Waals surface area (Å²) in [5.41, 5.74) is 4.50. The molecule has 0 aliphatic rings. The van der Waals surface area contributed by atoms with E-state index in [1.165, 1.54) is 54.6 Å². The fourth-order valence-electron chi connectivity index (χ4n) is 2.86. The number of rotatable bonds is 6. The van der Waals surface area contributed by atoms with Crippen molar-refractivity contribution in [3.8, 4) is 0 Å². The van der Waals surface area contributed by atoms with E-state index >= 15 is 0 Å². The Kier molecular flexibility index (Phi) is 6.28. The van der Waals surface area contributed by atoms with Crippen LogP contribution in [0.1, 0.15) is 21.5 Å². The maximum atomic E-state index is 13.4. The molecule has 0 saturated heterocycles. The molecule has 3 rings (SSSR count). The largest absolute Gasteiger partial charge is 0.417 e. The maximum Gasteiger partial charge on any atom is 0.417 e. The molecule has 3 aromatic rings. The van der Waals surface area contributed by atoms with E-state index in [-0.39, 0.29) is 22.7 Å². The van der Waals surface area contributed by atoms with Crippen LogP contribution in [-0.2, 0) is 22.7 Å². The molecular weight excluding hydrogens is 453 g/mol. The number of carbonyl (C=O) groups excluding carboxylic acids is 1. The SMILES string of the molecule is NC(=O)c1ccc(CN(c2ccc(Cl)c(C(F)(F)F)c2)S(=O)(=O)c2ccccc2)cc1. The van der Waals surface area contributed by atoms with Gasteiger partial charge in [0.1, 0.15) is 0 Å². The maximum absolute atomic E-state index is 13.4. The lowest BCUT2D eigenvalue weighted by molar-refractivity contribution is -0.137. The zero-order valence-corrected chi connectivity index (χ0v) is 17.4. The summed E-state index contributed by atoms with van der Waals surface area (Å²) in [5, 5.41) is -0.542. The normalized spacial score (nSPS) is 11.9. The summed E-state index contributed by atoms with van der Waals surface area (Å²) in [5.74, 6) is -0.659. The highest BCUT2D eigenvalue weighted by atomic mass is 35.5. The van der Waals surface area contributed by atoms with Gasteiger partial charge < -0.3 is 5.73 Å². The summed E-state index contributed by atoms with van der Waals surface area (Å²) in [6, 6.07) is 16.0. The third-order valence-electron chi connectivity index (χ3n) is 4.44. The highest BCUT2D eigenvalue weighted by Gasteiger charge is 2.35. The van der Waals surface area contributed by atoms with Crippen LogP contribution in [0.3, 0.4) is 0 Å². The predicted octanol–water partition coefficient (Wildman–Crippen LogP) is 4.85. The molecule has 0 heterocycles. The number of hydrogen-bond donors (Lipinski definition) is 1. The second-order valence-electron chi connectivity index (χ2n) is 6.55. The standard InChI is InChI=1S/C21H16ClF3N2O3S/c22-19-11-10-16(12-18(19)21(23,24)25)27(31(29,30)17-4-2-1-3-5-17)13-14-6-8-15(9-7-14)20(26)28/h1-12H,13H2,(H2,26,28). The zero-order valence-electron chi connectivity index (χ0n) is 15.8. The van der Waals surface area contributed by atoms with Crippen molar-refractivity contribution in [1.29, 1.82) is 0 Å². The van der Waals surface area contributed by atoms with E-state index in [2.05, 4.69) is 0 Å². The molecule has 0 aliphatic heterocycles. The van der Waals surface area contributed by atoms with Crippen molar-refractivity contribution in [2.24, 2.45) is 5.73 Å². The second-order valence-corrected chi connectivity index (χ2v) is 8.82. The monoisotopic (exact) mass is 468 g/mol. The van der Waals surface area contributed by atoms with Gasteiger partial charge in [0.2, 0.25) is 5.91 Å². The van der Waals surface area contributed by atoms with Gasteiger partial charge in [-0.1, -0.05) is 41.9 Å². The first-order chi connectivity index (χ1) is 14.5. The van der Waals surface area contributed by atoms with Crippen LogP contribution >= 0.6 is 11.6 Å². The summed E-state index contributed by atoms with van der Waals surface area (Å²) in [6.07, 6.45) is -4.77. The van der Waals surface area contributed by atoms with Crippen LogP contribution in [0.25, 0.3) is 0 Å². The van der Waals surface area contributed by atoms with E-state index in [1.807, 2.05) is 0 Å². The molecule has 162 valence electrons. The van der Waals surface area contributed by atoms with Crippen LogP contribution in [0.15, 0.2) is 77.7 Å². The number of nitrogens with two attached hydrogens (primary N) is 1. The summed E-state index contributed by atoms with van der Waals surface area (Å²) in [7, 11) is -4.22. The van der Waals surface area contributed by atoms with Gasteiger partial charge in [-0.15, -0.1) is 0 Å². The minimum absolute atomic E-state index is 0.0905. The summed E-state index contributed by atoms with van der Waals surface area (Å²) in [4.78, 5) is 11.2. The van der Waals surface area contributed by atoms with Gasteiger partial charge >= 0.3 is 6.18 Å². The molecule has 0 atom stereocenters. The minimum Gasteiger partial charge on any atom is -0.366 e. The van der Waals surface area contributed by atoms with Gasteiger partial charge in [0.15, 0.2) is 0 Å². The van der Waals surface area contributed by atoms with Crippen molar-refractivity contribution in [3.63, 3.8) is 0 Å². The molecule has 0 bridgehead atoms. The Morgan fingerprint density at radius 3 is 2.13 bits per heavy atom. The first-order valence-electron chi connectivity index (χ1n) is 8.83. The van der Waals surface area contributed by atoms with E-state index in [0.29, 0.717) is 11.6 Å². The number of primary amides is 1. The Labute approximate surface area is 181 Å². The average Bonchev–Trinajstić information content (AvgIpc) is 2.72. The van der Waals surface area contributed by atoms with E-state index in [1.54, 1.807) is 6.07 Å². The van der Waals surface area contributed by atoms with Crippen LogP contribution in [0.4, 0.5) is 18.9 Å².